The van der Waals surface area contributed by atoms with Gasteiger partial charge in [-0.05, 0) is 55.1 Å². The Hall–Kier alpha value is -1.49. The maximum Gasteiger partial charge on any atom is 0.416 e. The molecule has 1 aromatic heterocycles. The monoisotopic (exact) mass is 285 g/mol. The van der Waals surface area contributed by atoms with Crippen molar-refractivity contribution >= 4 is 17.0 Å². The van der Waals surface area contributed by atoms with Crippen LogP contribution in [0.1, 0.15) is 29.0 Å². The molecule has 1 N–H and O–H groups in total. The molecule has 19 heavy (non-hydrogen) atoms. The molecule has 0 radical (unpaired) electrons. The SMILES string of the molecule is Cc1ccsc1C(C)Nc1ccc(C(F)(F)F)cc1. The predicted molar refractivity (Wildman–Crippen MR) is 72.5 cm³/mol. The molecular formula is C14H14F3NS. The van der Waals surface area contributed by atoms with Crippen molar-refractivity contribution in [2.75, 3.05) is 5.32 Å². The maximum absolute atomic E-state index is 12.4. The standard InChI is InChI=1S/C14H14F3NS/c1-9-7-8-19-13(9)10(2)18-12-5-3-11(4-6-12)14(15,16)17/h3-8,10,18H,1-2H3. The van der Waals surface area contributed by atoms with Gasteiger partial charge in [-0.25, -0.2) is 0 Å². The van der Waals surface area contributed by atoms with Crippen molar-refractivity contribution in [1.82, 2.24) is 0 Å². The zero-order valence-electron chi connectivity index (χ0n) is 10.6. The molecule has 1 aromatic carbocycles. The Morgan fingerprint density at radius 3 is 2.21 bits per heavy atom. The number of benzene rings is 1. The summed E-state index contributed by atoms with van der Waals surface area (Å²) in [6, 6.07) is 7.22. The van der Waals surface area contributed by atoms with Crippen LogP contribution in [-0.2, 0) is 6.18 Å². The third-order valence-electron chi connectivity index (χ3n) is 2.89. The second kappa shape index (κ2) is 5.25. The van der Waals surface area contributed by atoms with E-state index in [9.17, 15) is 13.2 Å². The van der Waals surface area contributed by atoms with Gasteiger partial charge in [0.25, 0.3) is 0 Å². The molecule has 1 nitrogen and oxygen atoms in total. The van der Waals surface area contributed by atoms with Crippen LogP contribution in [0.25, 0.3) is 0 Å². The average Bonchev–Trinajstić information content (AvgIpc) is 2.75. The number of alkyl halides is 3. The van der Waals surface area contributed by atoms with Crippen LogP contribution in [0.5, 0.6) is 0 Å². The number of hydrogen-bond acceptors (Lipinski definition) is 2. The molecule has 0 fully saturated rings. The Morgan fingerprint density at radius 1 is 1.11 bits per heavy atom. The Bertz CT molecular complexity index is 543. The van der Waals surface area contributed by atoms with Crippen molar-refractivity contribution in [2.45, 2.75) is 26.1 Å². The molecule has 5 heteroatoms. The summed E-state index contributed by atoms with van der Waals surface area (Å²) in [5.74, 6) is 0. The number of hydrogen-bond donors (Lipinski definition) is 1. The lowest BCUT2D eigenvalue weighted by atomic mass is 10.1. The van der Waals surface area contributed by atoms with Crippen molar-refractivity contribution < 1.29 is 13.2 Å². The quantitative estimate of drug-likeness (QED) is 0.812. The molecule has 2 aromatic rings. The van der Waals surface area contributed by atoms with Gasteiger partial charge in [-0.1, -0.05) is 0 Å². The molecular weight excluding hydrogens is 271 g/mol. The van der Waals surface area contributed by atoms with Crippen molar-refractivity contribution in [3.05, 3.63) is 51.7 Å². The lowest BCUT2D eigenvalue weighted by Crippen LogP contribution is -2.07. The van der Waals surface area contributed by atoms with E-state index in [4.69, 9.17) is 0 Å². The molecule has 0 aliphatic heterocycles. The number of aryl methyl sites for hydroxylation is 1. The zero-order valence-corrected chi connectivity index (χ0v) is 11.4. The summed E-state index contributed by atoms with van der Waals surface area (Å²) in [6.45, 7) is 4.02. The topological polar surface area (TPSA) is 12.0 Å². The minimum absolute atomic E-state index is 0.0803. The van der Waals surface area contributed by atoms with Gasteiger partial charge in [0.05, 0.1) is 11.6 Å². The van der Waals surface area contributed by atoms with E-state index < -0.39 is 11.7 Å². The largest absolute Gasteiger partial charge is 0.416 e. The van der Waals surface area contributed by atoms with Crippen LogP contribution in [0.3, 0.4) is 0 Å². The number of nitrogens with one attached hydrogen (secondary N) is 1. The predicted octanol–water partition coefficient (Wildman–Crippen LogP) is 5.25. The lowest BCUT2D eigenvalue weighted by molar-refractivity contribution is -0.137. The fourth-order valence-corrected chi connectivity index (χ4v) is 2.83. The number of anilines is 1. The highest BCUT2D eigenvalue weighted by Gasteiger charge is 2.29. The molecule has 102 valence electrons. The van der Waals surface area contributed by atoms with Gasteiger partial charge in [-0.3, -0.25) is 0 Å². The van der Waals surface area contributed by atoms with Gasteiger partial charge in [0.15, 0.2) is 0 Å². The Balaban J connectivity index is 2.10. The molecule has 0 bridgehead atoms. The van der Waals surface area contributed by atoms with Crippen molar-refractivity contribution in [2.24, 2.45) is 0 Å². The van der Waals surface area contributed by atoms with Crippen LogP contribution in [0.15, 0.2) is 35.7 Å². The molecule has 0 saturated heterocycles. The van der Waals surface area contributed by atoms with Crippen LogP contribution in [0.2, 0.25) is 0 Å². The van der Waals surface area contributed by atoms with Gasteiger partial charge in [-0.15, -0.1) is 11.3 Å². The van der Waals surface area contributed by atoms with Gasteiger partial charge in [-0.2, -0.15) is 13.2 Å². The molecule has 0 aliphatic rings. The molecule has 1 atom stereocenters. The van der Waals surface area contributed by atoms with E-state index in [1.165, 1.54) is 22.6 Å². The molecule has 0 amide bonds. The number of halogens is 3. The van der Waals surface area contributed by atoms with Crippen molar-refractivity contribution in [1.29, 1.82) is 0 Å². The number of thiophene rings is 1. The number of rotatable bonds is 3. The first-order valence-electron chi connectivity index (χ1n) is 5.85. The van der Waals surface area contributed by atoms with Gasteiger partial charge >= 0.3 is 6.18 Å². The Labute approximate surface area is 114 Å². The second-order valence-corrected chi connectivity index (χ2v) is 5.36. The minimum atomic E-state index is -4.28. The van der Waals surface area contributed by atoms with E-state index >= 15 is 0 Å². The summed E-state index contributed by atoms with van der Waals surface area (Å²) in [5.41, 5.74) is 1.25. The lowest BCUT2D eigenvalue weighted by Gasteiger charge is -2.15. The highest BCUT2D eigenvalue weighted by atomic mass is 32.1. The second-order valence-electron chi connectivity index (χ2n) is 4.41. The Kier molecular flexibility index (Phi) is 3.85. The van der Waals surface area contributed by atoms with Gasteiger partial charge in [0.1, 0.15) is 0 Å². The molecule has 2 rings (SSSR count). The summed E-state index contributed by atoms with van der Waals surface area (Å²) >= 11 is 1.64. The van der Waals surface area contributed by atoms with Crippen LogP contribution in [-0.4, -0.2) is 0 Å². The zero-order chi connectivity index (χ0) is 14.0. The third-order valence-corrected chi connectivity index (χ3v) is 4.09. The molecule has 1 unspecified atom stereocenters. The summed E-state index contributed by atoms with van der Waals surface area (Å²) in [5, 5.41) is 5.22. The maximum atomic E-state index is 12.4. The molecule has 0 aliphatic carbocycles. The first kappa shape index (κ1) is 13.9. The van der Waals surface area contributed by atoms with Crippen LogP contribution in [0, 0.1) is 6.92 Å². The van der Waals surface area contributed by atoms with Gasteiger partial charge in [0.2, 0.25) is 0 Å². The van der Waals surface area contributed by atoms with E-state index in [1.54, 1.807) is 11.3 Å². The average molecular weight is 285 g/mol. The highest BCUT2D eigenvalue weighted by molar-refractivity contribution is 7.10. The smallest absolute Gasteiger partial charge is 0.378 e. The fraction of sp³-hybridized carbons (Fsp3) is 0.286. The van der Waals surface area contributed by atoms with E-state index in [0.717, 1.165) is 12.1 Å². The van der Waals surface area contributed by atoms with Crippen LogP contribution >= 0.6 is 11.3 Å². The van der Waals surface area contributed by atoms with Crippen molar-refractivity contribution in [3.63, 3.8) is 0 Å². The summed E-state index contributed by atoms with van der Waals surface area (Å²) in [7, 11) is 0. The summed E-state index contributed by atoms with van der Waals surface area (Å²) in [6.07, 6.45) is -4.28. The van der Waals surface area contributed by atoms with E-state index in [2.05, 4.69) is 5.32 Å². The minimum Gasteiger partial charge on any atom is -0.378 e. The first-order chi connectivity index (χ1) is 8.88. The van der Waals surface area contributed by atoms with Crippen molar-refractivity contribution in [3.8, 4) is 0 Å². The fourth-order valence-electron chi connectivity index (χ4n) is 1.90. The molecule has 1 heterocycles. The van der Waals surface area contributed by atoms with Gasteiger partial charge in [0, 0.05) is 10.6 Å². The normalized spacial score (nSPS) is 13.3. The van der Waals surface area contributed by atoms with E-state index in [1.807, 2.05) is 25.3 Å². The summed E-state index contributed by atoms with van der Waals surface area (Å²) in [4.78, 5) is 1.19. The first-order valence-corrected chi connectivity index (χ1v) is 6.73. The third kappa shape index (κ3) is 3.29. The van der Waals surface area contributed by atoms with Crippen LogP contribution < -0.4 is 5.32 Å². The van der Waals surface area contributed by atoms with Crippen LogP contribution in [0.4, 0.5) is 18.9 Å². The molecule has 0 saturated carbocycles. The van der Waals surface area contributed by atoms with E-state index in [0.29, 0.717) is 5.69 Å². The van der Waals surface area contributed by atoms with E-state index in [-0.39, 0.29) is 6.04 Å². The Morgan fingerprint density at radius 2 is 1.74 bits per heavy atom. The summed E-state index contributed by atoms with van der Waals surface area (Å²) < 4.78 is 37.3. The molecule has 0 spiro atoms. The van der Waals surface area contributed by atoms with Gasteiger partial charge < -0.3 is 5.32 Å². The highest BCUT2D eigenvalue weighted by Crippen LogP contribution is 2.31.